The second-order valence-electron chi connectivity index (χ2n) is 6.16. The van der Waals surface area contributed by atoms with E-state index in [1.807, 2.05) is 30.3 Å². The summed E-state index contributed by atoms with van der Waals surface area (Å²) in [7, 11) is 0. The maximum absolute atomic E-state index is 11.9. The fourth-order valence-electron chi connectivity index (χ4n) is 2.33. The summed E-state index contributed by atoms with van der Waals surface area (Å²) in [4.78, 5) is 25.0. The van der Waals surface area contributed by atoms with Crippen molar-refractivity contribution in [2.75, 3.05) is 12.3 Å². The summed E-state index contributed by atoms with van der Waals surface area (Å²) < 4.78 is 0. The van der Waals surface area contributed by atoms with Crippen LogP contribution < -0.4 is 10.6 Å². The van der Waals surface area contributed by atoms with Crippen molar-refractivity contribution < 1.29 is 9.59 Å². The van der Waals surface area contributed by atoms with Crippen molar-refractivity contribution in [2.24, 2.45) is 0 Å². The maximum Gasteiger partial charge on any atom is 0.251 e. The minimum atomic E-state index is -0.116. The van der Waals surface area contributed by atoms with Gasteiger partial charge >= 0.3 is 0 Å². The molecule has 1 aliphatic rings. The van der Waals surface area contributed by atoms with E-state index in [0.717, 1.165) is 24.2 Å². The SMILES string of the molecule is O=C(/C=C/c1ccc(C(=O)NC2CC2)cc1)NCCSc1ccccc1. The smallest absolute Gasteiger partial charge is 0.251 e. The van der Waals surface area contributed by atoms with Crippen molar-refractivity contribution >= 4 is 29.7 Å². The minimum Gasteiger partial charge on any atom is -0.352 e. The fourth-order valence-corrected chi connectivity index (χ4v) is 3.12. The molecule has 134 valence electrons. The van der Waals surface area contributed by atoms with E-state index in [9.17, 15) is 9.59 Å². The van der Waals surface area contributed by atoms with Crippen molar-refractivity contribution in [2.45, 2.75) is 23.8 Å². The quantitative estimate of drug-likeness (QED) is 0.427. The van der Waals surface area contributed by atoms with Gasteiger partial charge in [-0.05, 0) is 48.7 Å². The zero-order valence-corrected chi connectivity index (χ0v) is 15.3. The highest BCUT2D eigenvalue weighted by Gasteiger charge is 2.23. The van der Waals surface area contributed by atoms with Crippen molar-refractivity contribution in [1.29, 1.82) is 0 Å². The normalized spacial score (nSPS) is 13.5. The molecule has 0 radical (unpaired) electrons. The number of rotatable bonds is 8. The second kappa shape index (κ2) is 9.25. The highest BCUT2D eigenvalue weighted by Crippen LogP contribution is 2.19. The molecule has 5 heteroatoms. The highest BCUT2D eigenvalue weighted by molar-refractivity contribution is 7.99. The van der Waals surface area contributed by atoms with Crippen molar-refractivity contribution in [3.05, 3.63) is 71.8 Å². The van der Waals surface area contributed by atoms with Gasteiger partial charge in [-0.3, -0.25) is 9.59 Å². The van der Waals surface area contributed by atoms with E-state index >= 15 is 0 Å². The summed E-state index contributed by atoms with van der Waals surface area (Å²) >= 11 is 1.71. The van der Waals surface area contributed by atoms with Crippen LogP contribution in [-0.4, -0.2) is 30.2 Å². The van der Waals surface area contributed by atoms with Gasteiger partial charge in [0, 0.05) is 34.9 Å². The summed E-state index contributed by atoms with van der Waals surface area (Å²) in [6.07, 6.45) is 5.42. The average molecular weight is 366 g/mol. The van der Waals surface area contributed by atoms with Gasteiger partial charge in [-0.15, -0.1) is 11.8 Å². The van der Waals surface area contributed by atoms with E-state index in [0.29, 0.717) is 18.2 Å². The molecule has 2 aromatic rings. The molecule has 0 atom stereocenters. The Morgan fingerprint density at radius 1 is 1.04 bits per heavy atom. The third-order valence-electron chi connectivity index (χ3n) is 3.93. The Bertz CT molecular complexity index is 768. The Hall–Kier alpha value is -2.53. The third-order valence-corrected chi connectivity index (χ3v) is 4.94. The van der Waals surface area contributed by atoms with Gasteiger partial charge in [-0.25, -0.2) is 0 Å². The first-order chi connectivity index (χ1) is 12.7. The van der Waals surface area contributed by atoms with E-state index in [4.69, 9.17) is 0 Å². The number of thioether (sulfide) groups is 1. The van der Waals surface area contributed by atoms with Gasteiger partial charge in [0.15, 0.2) is 0 Å². The molecule has 0 aliphatic heterocycles. The van der Waals surface area contributed by atoms with Crippen LogP contribution in [0.4, 0.5) is 0 Å². The van der Waals surface area contributed by atoms with Crippen LogP contribution in [0.3, 0.4) is 0 Å². The molecule has 0 bridgehead atoms. The van der Waals surface area contributed by atoms with Crippen molar-refractivity contribution in [3.63, 3.8) is 0 Å². The molecule has 0 spiro atoms. The largest absolute Gasteiger partial charge is 0.352 e. The second-order valence-corrected chi connectivity index (χ2v) is 7.32. The van der Waals surface area contributed by atoms with Gasteiger partial charge in [-0.2, -0.15) is 0 Å². The Labute approximate surface area is 158 Å². The zero-order valence-electron chi connectivity index (χ0n) is 14.5. The summed E-state index contributed by atoms with van der Waals surface area (Å²) in [5.41, 5.74) is 1.54. The van der Waals surface area contributed by atoms with E-state index in [-0.39, 0.29) is 11.8 Å². The molecule has 0 saturated heterocycles. The molecular weight excluding hydrogens is 344 g/mol. The van der Waals surface area contributed by atoms with Gasteiger partial charge in [0.2, 0.25) is 5.91 Å². The monoisotopic (exact) mass is 366 g/mol. The van der Waals surface area contributed by atoms with E-state index in [1.54, 1.807) is 30.0 Å². The summed E-state index contributed by atoms with van der Waals surface area (Å²) in [6, 6.07) is 17.7. The number of hydrogen-bond donors (Lipinski definition) is 2. The van der Waals surface area contributed by atoms with Crippen LogP contribution >= 0.6 is 11.8 Å². The van der Waals surface area contributed by atoms with Crippen LogP contribution in [0.2, 0.25) is 0 Å². The highest BCUT2D eigenvalue weighted by atomic mass is 32.2. The number of nitrogens with one attached hydrogen (secondary N) is 2. The summed E-state index contributed by atoms with van der Waals surface area (Å²) in [5.74, 6) is 0.680. The lowest BCUT2D eigenvalue weighted by molar-refractivity contribution is -0.116. The van der Waals surface area contributed by atoms with E-state index in [2.05, 4.69) is 22.8 Å². The van der Waals surface area contributed by atoms with Gasteiger partial charge in [0.05, 0.1) is 0 Å². The standard InChI is InChI=1S/C21H22N2O2S/c24-20(22-14-15-26-19-4-2-1-3-5-19)13-8-16-6-9-17(10-7-16)21(25)23-18-11-12-18/h1-10,13,18H,11-12,14-15H2,(H,22,24)(H,23,25)/b13-8+. The van der Waals surface area contributed by atoms with Crippen LogP contribution in [0, 0.1) is 0 Å². The van der Waals surface area contributed by atoms with Gasteiger partial charge in [0.1, 0.15) is 0 Å². The number of carbonyl (C=O) groups is 2. The lowest BCUT2D eigenvalue weighted by Crippen LogP contribution is -2.25. The van der Waals surface area contributed by atoms with Crippen LogP contribution in [0.25, 0.3) is 6.08 Å². The van der Waals surface area contributed by atoms with Gasteiger partial charge in [-0.1, -0.05) is 30.3 Å². The maximum atomic E-state index is 11.9. The first-order valence-corrected chi connectivity index (χ1v) is 9.74. The van der Waals surface area contributed by atoms with Crippen LogP contribution in [-0.2, 0) is 4.79 Å². The molecule has 3 rings (SSSR count). The predicted octanol–water partition coefficient (Wildman–Crippen LogP) is 3.50. The third kappa shape index (κ3) is 6.08. The molecule has 4 nitrogen and oxygen atoms in total. The number of carbonyl (C=O) groups excluding carboxylic acids is 2. The zero-order chi connectivity index (χ0) is 18.2. The molecule has 0 aromatic heterocycles. The van der Waals surface area contributed by atoms with Gasteiger partial charge in [0.25, 0.3) is 5.91 Å². The molecule has 1 fully saturated rings. The van der Waals surface area contributed by atoms with Crippen LogP contribution in [0.5, 0.6) is 0 Å². The first kappa shape index (κ1) is 18.3. The Morgan fingerprint density at radius 3 is 2.46 bits per heavy atom. The molecule has 0 heterocycles. The Morgan fingerprint density at radius 2 is 1.77 bits per heavy atom. The van der Waals surface area contributed by atoms with Crippen LogP contribution in [0.15, 0.2) is 65.6 Å². The molecule has 2 amide bonds. The molecular formula is C21H22N2O2S. The molecule has 2 aromatic carbocycles. The number of amides is 2. The van der Waals surface area contributed by atoms with Crippen molar-refractivity contribution in [1.82, 2.24) is 10.6 Å². The molecule has 1 saturated carbocycles. The Balaban J connectivity index is 1.39. The molecule has 1 aliphatic carbocycles. The van der Waals surface area contributed by atoms with Crippen LogP contribution in [0.1, 0.15) is 28.8 Å². The fraction of sp³-hybridized carbons (Fsp3) is 0.238. The lowest BCUT2D eigenvalue weighted by Gasteiger charge is -2.04. The summed E-state index contributed by atoms with van der Waals surface area (Å²) in [6.45, 7) is 0.614. The van der Waals surface area contributed by atoms with Gasteiger partial charge < -0.3 is 10.6 Å². The predicted molar refractivity (Wildman–Crippen MR) is 106 cm³/mol. The molecule has 2 N–H and O–H groups in total. The molecule has 26 heavy (non-hydrogen) atoms. The van der Waals surface area contributed by atoms with E-state index < -0.39 is 0 Å². The lowest BCUT2D eigenvalue weighted by atomic mass is 10.1. The van der Waals surface area contributed by atoms with Crippen molar-refractivity contribution in [3.8, 4) is 0 Å². The topological polar surface area (TPSA) is 58.2 Å². The summed E-state index contributed by atoms with van der Waals surface area (Å²) in [5, 5.41) is 5.83. The first-order valence-electron chi connectivity index (χ1n) is 8.75. The number of hydrogen-bond acceptors (Lipinski definition) is 3. The minimum absolute atomic E-state index is 0.0308. The Kier molecular flexibility index (Phi) is 6.50. The van der Waals surface area contributed by atoms with E-state index in [1.165, 1.54) is 11.0 Å². The number of benzene rings is 2. The average Bonchev–Trinajstić information content (AvgIpc) is 3.49. The molecule has 0 unspecified atom stereocenters.